The Morgan fingerprint density at radius 1 is 1.28 bits per heavy atom. The van der Waals surface area contributed by atoms with E-state index < -0.39 is 5.91 Å². The van der Waals surface area contributed by atoms with Crippen LogP contribution in [0.2, 0.25) is 0 Å². The first-order valence-corrected chi connectivity index (χ1v) is 11.5. The van der Waals surface area contributed by atoms with Gasteiger partial charge in [-0.1, -0.05) is 35.9 Å². The van der Waals surface area contributed by atoms with Crippen molar-refractivity contribution in [2.45, 2.75) is 0 Å². The highest BCUT2D eigenvalue weighted by atomic mass is 127. The van der Waals surface area contributed by atoms with Crippen molar-refractivity contribution in [3.8, 4) is 18.1 Å². The number of thiocarbonyl (C=S) groups is 1. The van der Waals surface area contributed by atoms with E-state index >= 15 is 0 Å². The molecule has 2 aromatic carbocycles. The molecule has 2 aromatic rings. The lowest BCUT2D eigenvalue weighted by atomic mass is 10.2. The third kappa shape index (κ3) is 5.30. The Hall–Kier alpha value is -1.62. The van der Waals surface area contributed by atoms with Crippen LogP contribution >= 0.6 is 69.2 Å². The van der Waals surface area contributed by atoms with Gasteiger partial charge in [-0.25, -0.2) is 0 Å². The number of hydrogen-bond donors (Lipinski definition) is 1. The molecule has 1 fully saturated rings. The number of terminal acetylenes is 1. The summed E-state index contributed by atoms with van der Waals surface area (Å²) in [5.41, 5.74) is 3.83. The molecule has 0 spiro atoms. The van der Waals surface area contributed by atoms with Gasteiger partial charge in [0, 0.05) is 5.56 Å². The summed E-state index contributed by atoms with van der Waals surface area (Å²) in [7, 11) is 0. The smallest absolute Gasteiger partial charge is 0.285 e. The summed E-state index contributed by atoms with van der Waals surface area (Å²) in [4.78, 5) is 25.5. The molecule has 0 unspecified atom stereocenters. The van der Waals surface area contributed by atoms with Gasteiger partial charge < -0.3 is 4.74 Å². The van der Waals surface area contributed by atoms with Gasteiger partial charge in [0.25, 0.3) is 11.8 Å². The number of carbonyl (C=O) groups is 2. The monoisotopic (exact) mass is 646 g/mol. The fraction of sp³-hybridized carbons (Fsp3) is 0.0500. The maximum absolute atomic E-state index is 12.7. The molecule has 5 nitrogen and oxygen atoms in total. The van der Waals surface area contributed by atoms with Crippen molar-refractivity contribution >= 4 is 91.4 Å². The maximum Gasteiger partial charge on any atom is 0.285 e. The Kier molecular flexibility index (Phi) is 7.55. The average molecular weight is 646 g/mol. The minimum absolute atomic E-state index is 0.186. The Morgan fingerprint density at radius 2 is 1.93 bits per heavy atom. The van der Waals surface area contributed by atoms with Crippen LogP contribution in [0.1, 0.15) is 15.9 Å². The van der Waals surface area contributed by atoms with Crippen LogP contribution in [0.25, 0.3) is 6.08 Å². The van der Waals surface area contributed by atoms with E-state index in [1.165, 1.54) is 0 Å². The number of benzene rings is 2. The van der Waals surface area contributed by atoms with E-state index in [1.54, 1.807) is 30.3 Å². The number of hydrogen-bond acceptors (Lipinski definition) is 5. The Morgan fingerprint density at radius 3 is 2.55 bits per heavy atom. The number of thioether (sulfide) groups is 1. The first-order valence-electron chi connectivity index (χ1n) is 8.10. The molecule has 9 heteroatoms. The third-order valence-electron chi connectivity index (χ3n) is 3.66. The summed E-state index contributed by atoms with van der Waals surface area (Å²) in [6, 6.07) is 12.4. The SMILES string of the molecule is C#CCOc1c(I)cc(/C=C2\SC(=S)N(NC(=O)c3ccccc3)C2=O)cc1I. The van der Waals surface area contributed by atoms with Gasteiger partial charge in [-0.3, -0.25) is 15.0 Å². The number of hydrazine groups is 1. The van der Waals surface area contributed by atoms with Crippen molar-refractivity contribution in [2.75, 3.05) is 6.61 Å². The van der Waals surface area contributed by atoms with Gasteiger partial charge in [0.05, 0.1) is 12.0 Å². The van der Waals surface area contributed by atoms with Gasteiger partial charge in [0.15, 0.2) is 4.32 Å². The normalized spacial score (nSPS) is 14.8. The van der Waals surface area contributed by atoms with E-state index in [2.05, 4.69) is 56.5 Å². The highest BCUT2D eigenvalue weighted by molar-refractivity contribution is 14.1. The predicted octanol–water partition coefficient (Wildman–Crippen LogP) is 4.45. The second-order valence-corrected chi connectivity index (χ2v) is 9.63. The van der Waals surface area contributed by atoms with E-state index in [0.29, 0.717) is 16.2 Å². The van der Waals surface area contributed by atoms with Crippen molar-refractivity contribution < 1.29 is 14.3 Å². The molecule has 1 aliphatic rings. The fourth-order valence-electron chi connectivity index (χ4n) is 2.39. The molecule has 0 saturated carbocycles. The molecule has 0 aromatic heterocycles. The Labute approximate surface area is 204 Å². The molecule has 1 heterocycles. The van der Waals surface area contributed by atoms with Crippen LogP contribution in [0.3, 0.4) is 0 Å². The number of halogens is 2. The standard InChI is InChI=1S/C20H12I2N2O3S2/c1-2-8-27-17-14(21)9-12(10-15(17)22)11-16-19(26)24(20(28)29-16)23-18(25)13-6-4-3-5-7-13/h1,3-7,9-11H,8H2,(H,23,25)/b16-11-. The molecule has 146 valence electrons. The zero-order valence-corrected chi connectivity index (χ0v) is 20.6. The summed E-state index contributed by atoms with van der Waals surface area (Å²) in [5.74, 6) is 2.38. The zero-order valence-electron chi connectivity index (χ0n) is 14.6. The summed E-state index contributed by atoms with van der Waals surface area (Å²) in [6.45, 7) is 0.186. The molecule has 0 aliphatic carbocycles. The quantitative estimate of drug-likeness (QED) is 0.225. The van der Waals surface area contributed by atoms with Crippen LogP contribution in [0.5, 0.6) is 5.75 Å². The second-order valence-electron chi connectivity index (χ2n) is 5.63. The molecular formula is C20H12I2N2O3S2. The van der Waals surface area contributed by atoms with Gasteiger partial charge in [-0.15, -0.1) is 6.42 Å². The first-order chi connectivity index (χ1) is 13.9. The van der Waals surface area contributed by atoms with Crippen LogP contribution in [0.4, 0.5) is 0 Å². The predicted molar refractivity (Wildman–Crippen MR) is 135 cm³/mol. The number of rotatable bonds is 5. The van der Waals surface area contributed by atoms with Crippen LogP contribution in [-0.2, 0) is 4.79 Å². The van der Waals surface area contributed by atoms with Gasteiger partial charge in [0.1, 0.15) is 12.4 Å². The molecule has 3 rings (SSSR count). The van der Waals surface area contributed by atoms with Crippen molar-refractivity contribution in [3.05, 3.63) is 65.6 Å². The van der Waals surface area contributed by atoms with Gasteiger partial charge in [-0.05, 0) is 93.3 Å². The Balaban J connectivity index is 1.79. The van der Waals surface area contributed by atoms with Gasteiger partial charge in [0.2, 0.25) is 0 Å². The van der Waals surface area contributed by atoms with Crippen LogP contribution in [0, 0.1) is 19.5 Å². The molecular weight excluding hydrogens is 634 g/mol. The van der Waals surface area contributed by atoms with Crippen molar-refractivity contribution in [3.63, 3.8) is 0 Å². The van der Waals surface area contributed by atoms with Crippen LogP contribution < -0.4 is 10.2 Å². The summed E-state index contributed by atoms with van der Waals surface area (Å²) >= 11 is 10.7. The lowest BCUT2D eigenvalue weighted by molar-refractivity contribution is -0.123. The molecule has 2 amide bonds. The Bertz CT molecular complexity index is 1040. The average Bonchev–Trinajstić information content (AvgIpc) is 2.95. The molecule has 0 atom stereocenters. The largest absolute Gasteiger partial charge is 0.479 e. The highest BCUT2D eigenvalue weighted by Crippen LogP contribution is 2.34. The van der Waals surface area contributed by atoms with Crippen molar-refractivity contribution in [1.82, 2.24) is 10.4 Å². The molecule has 0 radical (unpaired) electrons. The zero-order chi connectivity index (χ0) is 21.0. The topological polar surface area (TPSA) is 58.6 Å². The number of nitrogens with zero attached hydrogens (tertiary/aromatic N) is 1. The van der Waals surface area contributed by atoms with Crippen molar-refractivity contribution in [1.29, 1.82) is 0 Å². The van der Waals surface area contributed by atoms with E-state index in [4.69, 9.17) is 23.4 Å². The van der Waals surface area contributed by atoms with Crippen molar-refractivity contribution in [2.24, 2.45) is 0 Å². The maximum atomic E-state index is 12.7. The second kappa shape index (κ2) is 9.92. The van der Waals surface area contributed by atoms with E-state index in [9.17, 15) is 9.59 Å². The minimum atomic E-state index is -0.401. The van der Waals surface area contributed by atoms with E-state index in [1.807, 2.05) is 18.2 Å². The number of nitrogens with one attached hydrogen (secondary N) is 1. The molecule has 1 N–H and O–H groups in total. The number of carbonyl (C=O) groups excluding carboxylic acids is 2. The summed E-state index contributed by atoms with van der Waals surface area (Å²) in [5, 5.41) is 1.10. The van der Waals surface area contributed by atoms with Crippen LogP contribution in [-0.4, -0.2) is 27.8 Å². The first kappa shape index (κ1) is 22.1. The lowest BCUT2D eigenvalue weighted by Crippen LogP contribution is -2.44. The third-order valence-corrected chi connectivity index (χ3v) is 6.57. The molecule has 1 saturated heterocycles. The van der Waals surface area contributed by atoms with Gasteiger partial charge in [-0.2, -0.15) is 5.01 Å². The lowest BCUT2D eigenvalue weighted by Gasteiger charge is -2.15. The highest BCUT2D eigenvalue weighted by Gasteiger charge is 2.33. The summed E-state index contributed by atoms with van der Waals surface area (Å²) in [6.07, 6.45) is 6.99. The summed E-state index contributed by atoms with van der Waals surface area (Å²) < 4.78 is 7.59. The van der Waals surface area contributed by atoms with E-state index in [-0.39, 0.29) is 16.8 Å². The number of ether oxygens (including phenoxy) is 1. The molecule has 0 bridgehead atoms. The molecule has 29 heavy (non-hydrogen) atoms. The minimum Gasteiger partial charge on any atom is -0.479 e. The number of amides is 2. The molecule has 1 aliphatic heterocycles. The van der Waals surface area contributed by atoms with E-state index in [0.717, 1.165) is 29.5 Å². The van der Waals surface area contributed by atoms with Crippen LogP contribution in [0.15, 0.2) is 47.4 Å². The fourth-order valence-corrected chi connectivity index (χ4v) is 5.69. The van der Waals surface area contributed by atoms with Gasteiger partial charge >= 0.3 is 0 Å².